The second kappa shape index (κ2) is 9.46. The summed E-state index contributed by atoms with van der Waals surface area (Å²) in [5.41, 5.74) is 3.70. The van der Waals surface area contributed by atoms with Gasteiger partial charge < -0.3 is 19.3 Å². The molecule has 6 nitrogen and oxygen atoms in total. The Kier molecular flexibility index (Phi) is 6.63. The van der Waals surface area contributed by atoms with Crippen molar-refractivity contribution in [3.63, 3.8) is 0 Å². The number of carbonyl (C=O) groups excluding carboxylic acids is 1. The Bertz CT molecular complexity index is 1050. The van der Waals surface area contributed by atoms with Crippen LogP contribution in [0, 0.1) is 11.3 Å². The fourth-order valence-electron chi connectivity index (χ4n) is 4.85. The maximum atomic E-state index is 12.3. The summed E-state index contributed by atoms with van der Waals surface area (Å²) in [6.45, 7) is 2.42. The van der Waals surface area contributed by atoms with Gasteiger partial charge in [0.1, 0.15) is 0 Å². The van der Waals surface area contributed by atoms with Crippen molar-refractivity contribution in [3.8, 4) is 28.4 Å². The largest absolute Gasteiger partial charge is 0.493 e. The Morgan fingerprint density at radius 2 is 1.79 bits per heavy atom. The zero-order chi connectivity index (χ0) is 23.6. The first-order valence-corrected chi connectivity index (χ1v) is 11.7. The number of hydrogen-bond acceptors (Lipinski definition) is 5. The topological polar surface area (TPSA) is 82.1 Å². The van der Waals surface area contributed by atoms with Gasteiger partial charge in [-0.2, -0.15) is 0 Å². The van der Waals surface area contributed by atoms with Gasteiger partial charge >= 0.3 is 5.97 Å². The van der Waals surface area contributed by atoms with Crippen LogP contribution in [0.5, 0.6) is 17.2 Å². The van der Waals surface area contributed by atoms with Crippen LogP contribution < -0.4 is 14.2 Å². The van der Waals surface area contributed by atoms with E-state index in [1.807, 2.05) is 37.3 Å². The van der Waals surface area contributed by atoms with Crippen LogP contribution in [0.3, 0.4) is 0 Å². The lowest BCUT2D eigenvalue weighted by Crippen LogP contribution is -2.19. The van der Waals surface area contributed by atoms with Gasteiger partial charge in [0, 0.05) is 23.0 Å². The van der Waals surface area contributed by atoms with Crippen LogP contribution in [-0.2, 0) is 11.2 Å². The Hall–Kier alpha value is -3.02. The number of Topliss-reactive ketones (excluding diaryl/α,β-unsaturated/α-hetero) is 1. The van der Waals surface area contributed by atoms with Crippen LogP contribution in [0.1, 0.15) is 61.4 Å². The molecule has 0 heterocycles. The van der Waals surface area contributed by atoms with Crippen molar-refractivity contribution in [2.45, 2.75) is 51.9 Å². The molecule has 33 heavy (non-hydrogen) atoms. The third-order valence-corrected chi connectivity index (χ3v) is 7.21. The van der Waals surface area contributed by atoms with E-state index in [2.05, 4.69) is 0 Å². The fraction of sp³-hybridized carbons (Fsp3) is 0.481. The molecule has 2 aromatic rings. The highest BCUT2D eigenvalue weighted by Crippen LogP contribution is 2.53. The molecule has 1 unspecified atom stereocenters. The highest BCUT2D eigenvalue weighted by Gasteiger charge is 2.44. The van der Waals surface area contributed by atoms with Gasteiger partial charge in [-0.3, -0.25) is 9.59 Å². The predicted molar refractivity (Wildman–Crippen MR) is 125 cm³/mol. The van der Waals surface area contributed by atoms with Gasteiger partial charge in [0.2, 0.25) is 5.75 Å². The standard InChI is InChI=1S/C27H32O6/c1-4-17(26(29)30)12-13-27(14-15-27)16-33-24-21(9-11-23(31-2)25(24)32-3)18-6-5-7-20-19(18)8-10-22(20)28/h5-7,9,11,17H,4,8,10,12-16H2,1-3H3,(H,29,30). The Morgan fingerprint density at radius 1 is 1.03 bits per heavy atom. The summed E-state index contributed by atoms with van der Waals surface area (Å²) in [4.78, 5) is 23.7. The monoisotopic (exact) mass is 452 g/mol. The first-order chi connectivity index (χ1) is 15.9. The van der Waals surface area contributed by atoms with Crippen LogP contribution in [0.2, 0.25) is 0 Å². The van der Waals surface area contributed by atoms with Gasteiger partial charge in [-0.1, -0.05) is 25.1 Å². The summed E-state index contributed by atoms with van der Waals surface area (Å²) in [5.74, 6) is 0.871. The van der Waals surface area contributed by atoms with E-state index in [-0.39, 0.29) is 17.1 Å². The van der Waals surface area contributed by atoms with E-state index in [4.69, 9.17) is 14.2 Å². The lowest BCUT2D eigenvalue weighted by atomic mass is 9.92. The molecule has 1 saturated carbocycles. The number of ketones is 1. The van der Waals surface area contributed by atoms with E-state index in [0.29, 0.717) is 43.1 Å². The third kappa shape index (κ3) is 4.56. The molecule has 1 atom stereocenters. The minimum Gasteiger partial charge on any atom is -0.493 e. The van der Waals surface area contributed by atoms with Crippen molar-refractivity contribution >= 4 is 11.8 Å². The summed E-state index contributed by atoms with van der Waals surface area (Å²) >= 11 is 0. The maximum absolute atomic E-state index is 12.3. The molecule has 2 aliphatic rings. The number of methoxy groups -OCH3 is 2. The highest BCUT2D eigenvalue weighted by atomic mass is 16.5. The molecule has 1 N–H and O–H groups in total. The molecule has 4 rings (SSSR count). The lowest BCUT2D eigenvalue weighted by molar-refractivity contribution is -0.142. The summed E-state index contributed by atoms with van der Waals surface area (Å²) in [5, 5.41) is 9.40. The molecule has 0 spiro atoms. The number of hydrogen-bond donors (Lipinski definition) is 1. The molecule has 1 fully saturated rings. The smallest absolute Gasteiger partial charge is 0.306 e. The van der Waals surface area contributed by atoms with E-state index in [9.17, 15) is 14.7 Å². The van der Waals surface area contributed by atoms with Crippen molar-refractivity contribution in [1.29, 1.82) is 0 Å². The van der Waals surface area contributed by atoms with Crippen molar-refractivity contribution < 1.29 is 28.9 Å². The van der Waals surface area contributed by atoms with Crippen LogP contribution in [0.4, 0.5) is 0 Å². The Balaban J connectivity index is 1.64. The SMILES string of the molecule is CCC(CCC1(COc2c(-c3cccc4c3CCC4=O)ccc(OC)c2OC)CC1)C(=O)O. The van der Waals surface area contributed by atoms with Gasteiger partial charge in [-0.25, -0.2) is 0 Å². The minimum atomic E-state index is -0.724. The predicted octanol–water partition coefficient (Wildman–Crippen LogP) is 5.55. The normalized spacial score (nSPS) is 16.8. The molecule has 0 amide bonds. The number of ether oxygens (including phenoxy) is 3. The second-order valence-electron chi connectivity index (χ2n) is 9.20. The average Bonchev–Trinajstić information content (AvgIpc) is 3.50. The summed E-state index contributed by atoms with van der Waals surface area (Å²) < 4.78 is 17.7. The number of rotatable bonds is 11. The van der Waals surface area contributed by atoms with Gasteiger partial charge in [-0.05, 0) is 61.8 Å². The van der Waals surface area contributed by atoms with E-state index in [1.54, 1.807) is 14.2 Å². The number of carbonyl (C=O) groups is 2. The van der Waals surface area contributed by atoms with Crippen molar-refractivity contribution in [2.24, 2.45) is 11.3 Å². The Labute approximate surface area is 194 Å². The summed E-state index contributed by atoms with van der Waals surface area (Å²) in [6.07, 6.45) is 5.43. The summed E-state index contributed by atoms with van der Waals surface area (Å²) in [7, 11) is 3.19. The molecular weight excluding hydrogens is 420 g/mol. The number of fused-ring (bicyclic) bond motifs is 1. The zero-order valence-electron chi connectivity index (χ0n) is 19.6. The van der Waals surface area contributed by atoms with E-state index < -0.39 is 5.97 Å². The maximum Gasteiger partial charge on any atom is 0.306 e. The van der Waals surface area contributed by atoms with Gasteiger partial charge in [0.15, 0.2) is 17.3 Å². The Morgan fingerprint density at radius 3 is 2.42 bits per heavy atom. The fourth-order valence-corrected chi connectivity index (χ4v) is 4.85. The molecule has 0 bridgehead atoms. The minimum absolute atomic E-state index is 0.00281. The van der Waals surface area contributed by atoms with Gasteiger partial charge in [-0.15, -0.1) is 0 Å². The van der Waals surface area contributed by atoms with E-state index in [1.165, 1.54) is 0 Å². The number of aliphatic carboxylic acids is 1. The molecule has 6 heteroatoms. The highest BCUT2D eigenvalue weighted by molar-refractivity contribution is 6.02. The molecule has 0 aliphatic heterocycles. The lowest BCUT2D eigenvalue weighted by Gasteiger charge is -2.22. The van der Waals surface area contributed by atoms with Crippen LogP contribution in [0.15, 0.2) is 30.3 Å². The van der Waals surface area contributed by atoms with Crippen LogP contribution in [-0.4, -0.2) is 37.7 Å². The number of carboxylic acids is 1. The molecule has 0 saturated heterocycles. The molecule has 0 aromatic heterocycles. The molecule has 2 aliphatic carbocycles. The second-order valence-corrected chi connectivity index (χ2v) is 9.20. The number of carboxylic acid groups (broad SMARTS) is 1. The molecule has 2 aromatic carbocycles. The van der Waals surface area contributed by atoms with Gasteiger partial charge in [0.25, 0.3) is 0 Å². The summed E-state index contributed by atoms with van der Waals surface area (Å²) in [6, 6.07) is 9.66. The van der Waals surface area contributed by atoms with E-state index in [0.717, 1.165) is 47.9 Å². The first-order valence-electron chi connectivity index (χ1n) is 11.7. The quantitative estimate of drug-likeness (QED) is 0.481. The third-order valence-electron chi connectivity index (χ3n) is 7.21. The molecule has 0 radical (unpaired) electrons. The number of benzene rings is 2. The van der Waals surface area contributed by atoms with Crippen molar-refractivity contribution in [3.05, 3.63) is 41.5 Å². The zero-order valence-corrected chi connectivity index (χ0v) is 19.6. The molecule has 176 valence electrons. The first kappa shape index (κ1) is 23.1. The average molecular weight is 453 g/mol. The van der Waals surface area contributed by atoms with Crippen molar-refractivity contribution in [1.82, 2.24) is 0 Å². The van der Waals surface area contributed by atoms with Gasteiger partial charge in [0.05, 0.1) is 26.7 Å². The van der Waals surface area contributed by atoms with E-state index >= 15 is 0 Å². The van der Waals surface area contributed by atoms with Crippen LogP contribution in [0.25, 0.3) is 11.1 Å². The molecular formula is C27H32O6. The van der Waals surface area contributed by atoms with Crippen molar-refractivity contribution in [2.75, 3.05) is 20.8 Å². The van der Waals surface area contributed by atoms with Crippen LogP contribution >= 0.6 is 0 Å².